The summed E-state index contributed by atoms with van der Waals surface area (Å²) in [5, 5.41) is 9.40. The average molecular weight is 394 g/mol. The number of fused-ring (bicyclic) bond motifs is 1. The highest BCUT2D eigenvalue weighted by atomic mass is 35.5. The van der Waals surface area contributed by atoms with E-state index in [2.05, 4.69) is 0 Å². The summed E-state index contributed by atoms with van der Waals surface area (Å²) in [5.41, 5.74) is 2.93. The van der Waals surface area contributed by atoms with Crippen molar-refractivity contribution in [1.82, 2.24) is 0 Å². The molecule has 1 aliphatic heterocycles. The van der Waals surface area contributed by atoms with Crippen LogP contribution in [0.25, 0.3) is 23.0 Å². The first-order valence-electron chi connectivity index (χ1n) is 8.75. The summed E-state index contributed by atoms with van der Waals surface area (Å²) < 4.78 is 5.86. The van der Waals surface area contributed by atoms with Crippen molar-refractivity contribution in [1.29, 1.82) is 0 Å². The number of likely N-dealkylation sites (N-methyl/N-ethyl adjacent to an activating group) is 1. The van der Waals surface area contributed by atoms with Crippen LogP contribution in [0.5, 0.6) is 0 Å². The molecule has 28 heavy (non-hydrogen) atoms. The predicted molar refractivity (Wildman–Crippen MR) is 108 cm³/mol. The molecule has 1 aliphatic rings. The van der Waals surface area contributed by atoms with E-state index < -0.39 is 5.97 Å². The smallest absolute Gasteiger partial charge is 0.337 e. The fourth-order valence-electron chi connectivity index (χ4n) is 3.33. The van der Waals surface area contributed by atoms with Gasteiger partial charge in [-0.05, 0) is 49.4 Å². The molecule has 0 unspecified atom stereocenters. The number of furan rings is 1. The molecular weight excluding hydrogens is 378 g/mol. The molecule has 1 amide bonds. The predicted octanol–water partition coefficient (Wildman–Crippen LogP) is 5.21. The monoisotopic (exact) mass is 393 g/mol. The van der Waals surface area contributed by atoms with Gasteiger partial charge in [0.25, 0.3) is 5.91 Å². The van der Waals surface area contributed by atoms with Crippen molar-refractivity contribution in [2.24, 2.45) is 0 Å². The van der Waals surface area contributed by atoms with Gasteiger partial charge in [-0.25, -0.2) is 4.79 Å². The number of hydrogen-bond donors (Lipinski definition) is 1. The van der Waals surface area contributed by atoms with Gasteiger partial charge in [-0.2, -0.15) is 0 Å². The van der Waals surface area contributed by atoms with Crippen LogP contribution in [0.3, 0.4) is 0 Å². The number of para-hydroxylation sites is 1. The summed E-state index contributed by atoms with van der Waals surface area (Å²) in [6.45, 7) is 2.52. The Morgan fingerprint density at radius 3 is 2.71 bits per heavy atom. The Morgan fingerprint density at radius 1 is 1.18 bits per heavy atom. The van der Waals surface area contributed by atoms with Gasteiger partial charge >= 0.3 is 5.97 Å². The molecule has 0 saturated carbocycles. The van der Waals surface area contributed by atoms with Crippen LogP contribution in [0.4, 0.5) is 5.69 Å². The number of rotatable bonds is 4. The number of carboxylic acids is 1. The Morgan fingerprint density at radius 2 is 1.96 bits per heavy atom. The number of halogens is 1. The van der Waals surface area contributed by atoms with Crippen molar-refractivity contribution >= 4 is 40.8 Å². The summed E-state index contributed by atoms with van der Waals surface area (Å²) >= 11 is 5.93. The minimum atomic E-state index is -1.10. The number of benzene rings is 2. The summed E-state index contributed by atoms with van der Waals surface area (Å²) in [6.07, 6.45) is 1.72. The molecule has 5 nitrogen and oxygen atoms in total. The number of nitrogens with zero attached hydrogens (tertiary/aromatic N) is 1. The van der Waals surface area contributed by atoms with Gasteiger partial charge in [0.2, 0.25) is 0 Å². The highest BCUT2D eigenvalue weighted by Crippen LogP contribution is 2.38. The van der Waals surface area contributed by atoms with Gasteiger partial charge in [0.15, 0.2) is 0 Å². The van der Waals surface area contributed by atoms with Crippen LogP contribution in [0.2, 0.25) is 5.02 Å². The quantitative estimate of drug-likeness (QED) is 0.618. The SMILES string of the molecule is CCN1C(=O)/C(=C/c2ccc(-c3ccc(Cl)c(C(=O)O)c3)o2)c2ccccc21. The van der Waals surface area contributed by atoms with Crippen molar-refractivity contribution in [2.75, 3.05) is 11.4 Å². The van der Waals surface area contributed by atoms with E-state index in [1.54, 1.807) is 29.2 Å². The summed E-state index contributed by atoms with van der Waals surface area (Å²) in [4.78, 5) is 25.8. The molecule has 6 heteroatoms. The first kappa shape index (κ1) is 18.1. The minimum Gasteiger partial charge on any atom is -0.478 e. The molecular formula is C22H16ClNO4. The van der Waals surface area contributed by atoms with Crippen LogP contribution >= 0.6 is 11.6 Å². The molecule has 2 aromatic carbocycles. The molecule has 0 bridgehead atoms. The van der Waals surface area contributed by atoms with Crippen LogP contribution < -0.4 is 4.90 Å². The second-order valence-electron chi connectivity index (χ2n) is 6.33. The Hall–Kier alpha value is -3.31. The van der Waals surface area contributed by atoms with Crippen molar-refractivity contribution in [3.8, 4) is 11.3 Å². The summed E-state index contributed by atoms with van der Waals surface area (Å²) in [6, 6.07) is 15.8. The molecule has 0 aliphatic carbocycles. The molecule has 0 atom stereocenters. The average Bonchev–Trinajstić information content (AvgIpc) is 3.25. The van der Waals surface area contributed by atoms with Gasteiger partial charge in [0.1, 0.15) is 11.5 Å². The fraction of sp³-hybridized carbons (Fsp3) is 0.0909. The lowest BCUT2D eigenvalue weighted by Crippen LogP contribution is -2.25. The molecule has 0 spiro atoms. The van der Waals surface area contributed by atoms with Gasteiger partial charge in [0.05, 0.1) is 21.8 Å². The number of amides is 1. The van der Waals surface area contributed by atoms with E-state index in [1.165, 1.54) is 12.1 Å². The van der Waals surface area contributed by atoms with E-state index in [0.717, 1.165) is 11.3 Å². The van der Waals surface area contributed by atoms with E-state index in [9.17, 15) is 14.7 Å². The normalized spacial score (nSPS) is 14.6. The van der Waals surface area contributed by atoms with Gasteiger partial charge in [-0.15, -0.1) is 0 Å². The lowest BCUT2D eigenvalue weighted by molar-refractivity contribution is -0.112. The first-order valence-corrected chi connectivity index (χ1v) is 9.13. The molecule has 140 valence electrons. The zero-order valence-electron chi connectivity index (χ0n) is 15.0. The molecule has 0 radical (unpaired) electrons. The van der Waals surface area contributed by atoms with Crippen molar-refractivity contribution in [3.63, 3.8) is 0 Å². The molecule has 1 aromatic heterocycles. The molecule has 3 aromatic rings. The highest BCUT2D eigenvalue weighted by Gasteiger charge is 2.31. The maximum absolute atomic E-state index is 12.8. The molecule has 0 saturated heterocycles. The van der Waals surface area contributed by atoms with Crippen LogP contribution in [-0.4, -0.2) is 23.5 Å². The number of aromatic carboxylic acids is 1. The number of carbonyl (C=O) groups excluding carboxylic acids is 1. The number of carbonyl (C=O) groups is 2. The van der Waals surface area contributed by atoms with E-state index in [4.69, 9.17) is 16.0 Å². The van der Waals surface area contributed by atoms with Crippen molar-refractivity contribution in [3.05, 3.63) is 76.5 Å². The van der Waals surface area contributed by atoms with Crippen LogP contribution in [0.15, 0.2) is 59.0 Å². The summed E-state index contributed by atoms with van der Waals surface area (Å²) in [5.74, 6) is -0.162. The molecule has 0 fully saturated rings. The number of hydrogen-bond acceptors (Lipinski definition) is 3. The number of anilines is 1. The third kappa shape index (κ3) is 3.00. The van der Waals surface area contributed by atoms with Crippen LogP contribution in [-0.2, 0) is 4.79 Å². The van der Waals surface area contributed by atoms with E-state index in [0.29, 0.717) is 29.2 Å². The van der Waals surface area contributed by atoms with Gasteiger partial charge in [0, 0.05) is 17.7 Å². The third-order valence-corrected chi connectivity index (χ3v) is 5.00. The highest BCUT2D eigenvalue weighted by molar-refractivity contribution is 6.35. The zero-order chi connectivity index (χ0) is 19.8. The molecule has 4 rings (SSSR count). The van der Waals surface area contributed by atoms with Crippen molar-refractivity contribution < 1.29 is 19.1 Å². The lowest BCUT2D eigenvalue weighted by Gasteiger charge is -2.13. The maximum Gasteiger partial charge on any atom is 0.337 e. The Labute approximate surface area is 166 Å². The van der Waals surface area contributed by atoms with E-state index >= 15 is 0 Å². The standard InChI is InChI=1S/C22H16ClNO4/c1-2-24-19-6-4-3-5-15(19)16(21(24)25)12-14-8-10-20(28-14)13-7-9-18(23)17(11-13)22(26)27/h3-12H,2H2,1H3,(H,26,27)/b16-12+. The van der Waals surface area contributed by atoms with Gasteiger partial charge in [-0.1, -0.05) is 29.8 Å². The summed E-state index contributed by atoms with van der Waals surface area (Å²) in [7, 11) is 0. The Kier molecular flexibility index (Phi) is 4.53. The fourth-order valence-corrected chi connectivity index (χ4v) is 3.53. The largest absolute Gasteiger partial charge is 0.478 e. The van der Waals surface area contributed by atoms with Crippen LogP contribution in [0.1, 0.15) is 28.6 Å². The van der Waals surface area contributed by atoms with E-state index in [-0.39, 0.29) is 16.5 Å². The van der Waals surface area contributed by atoms with E-state index in [1.807, 2.05) is 31.2 Å². The topological polar surface area (TPSA) is 70.8 Å². The van der Waals surface area contributed by atoms with Gasteiger partial charge < -0.3 is 14.4 Å². The second kappa shape index (κ2) is 7.02. The van der Waals surface area contributed by atoms with Crippen molar-refractivity contribution in [2.45, 2.75) is 6.92 Å². The lowest BCUT2D eigenvalue weighted by atomic mass is 10.1. The zero-order valence-corrected chi connectivity index (χ0v) is 15.7. The number of carboxylic acid groups (broad SMARTS) is 1. The molecule has 1 N–H and O–H groups in total. The maximum atomic E-state index is 12.8. The molecule has 2 heterocycles. The first-order chi connectivity index (χ1) is 13.5. The van der Waals surface area contributed by atoms with Crippen LogP contribution in [0, 0.1) is 0 Å². The third-order valence-electron chi connectivity index (χ3n) is 4.67. The Bertz CT molecular complexity index is 1130. The second-order valence-corrected chi connectivity index (χ2v) is 6.73. The minimum absolute atomic E-state index is 0.00829. The van der Waals surface area contributed by atoms with Gasteiger partial charge in [-0.3, -0.25) is 4.79 Å². The Balaban J connectivity index is 1.72.